The second-order valence-corrected chi connectivity index (χ2v) is 8.65. The number of para-hydroxylation sites is 1. The van der Waals surface area contributed by atoms with E-state index in [0.717, 1.165) is 34.1 Å². The fourth-order valence-corrected chi connectivity index (χ4v) is 4.19. The van der Waals surface area contributed by atoms with Gasteiger partial charge >= 0.3 is 6.16 Å². The quantitative estimate of drug-likeness (QED) is 0.180. The molecule has 4 rings (SSSR count). The van der Waals surface area contributed by atoms with Gasteiger partial charge in [0.1, 0.15) is 31.3 Å². The molecule has 1 N–H and O–H groups in total. The summed E-state index contributed by atoms with van der Waals surface area (Å²) in [6.45, 7) is 3.88. The highest BCUT2D eigenvalue weighted by atomic mass is 16.7. The van der Waals surface area contributed by atoms with Crippen molar-refractivity contribution in [3.8, 4) is 11.5 Å². The molecule has 3 aromatic carbocycles. The minimum Gasteiger partial charge on any atom is -0.489 e. The second kappa shape index (κ2) is 12.0. The van der Waals surface area contributed by atoms with Crippen molar-refractivity contribution in [2.45, 2.75) is 46.5 Å². The normalized spacial score (nSPS) is 10.8. The summed E-state index contributed by atoms with van der Waals surface area (Å²) < 4.78 is 16.9. The lowest BCUT2D eigenvalue weighted by molar-refractivity contribution is 0.0837. The van der Waals surface area contributed by atoms with Crippen LogP contribution in [0.15, 0.2) is 72.8 Å². The number of carboxylic acid groups (broad SMARTS) is 1. The molecule has 7 nitrogen and oxygen atoms in total. The Balaban J connectivity index is 1.47. The number of hydrogen-bond acceptors (Lipinski definition) is 6. The van der Waals surface area contributed by atoms with Crippen molar-refractivity contribution in [1.82, 2.24) is 4.98 Å². The Kier molecular flexibility index (Phi) is 8.36. The van der Waals surface area contributed by atoms with Crippen LogP contribution in [-0.4, -0.2) is 22.0 Å². The molecule has 190 valence electrons. The first-order valence-corrected chi connectivity index (χ1v) is 12.1. The van der Waals surface area contributed by atoms with E-state index >= 15 is 0 Å². The number of benzene rings is 3. The summed E-state index contributed by atoms with van der Waals surface area (Å²) in [5.74, 6) is 1.15. The summed E-state index contributed by atoms with van der Waals surface area (Å²) in [5.41, 5.74) is 4.45. The van der Waals surface area contributed by atoms with Crippen LogP contribution in [0.25, 0.3) is 10.9 Å². The number of carbonyl (C=O) groups is 2. The van der Waals surface area contributed by atoms with Crippen LogP contribution in [0.4, 0.5) is 4.79 Å². The van der Waals surface area contributed by atoms with Crippen LogP contribution in [0.5, 0.6) is 11.5 Å². The lowest BCUT2D eigenvalue weighted by Gasteiger charge is -2.18. The number of rotatable bonds is 11. The first-order chi connectivity index (χ1) is 17.9. The molecule has 1 aromatic heterocycles. The lowest BCUT2D eigenvalue weighted by Crippen LogP contribution is -2.11. The third kappa shape index (κ3) is 6.64. The van der Waals surface area contributed by atoms with E-state index in [2.05, 4.69) is 4.98 Å². The van der Waals surface area contributed by atoms with E-state index in [9.17, 15) is 9.59 Å². The number of carbonyl (C=O) groups excluding carboxylic acids is 1. The molecule has 0 aliphatic rings. The van der Waals surface area contributed by atoms with E-state index in [1.165, 1.54) is 6.92 Å². The largest absolute Gasteiger partial charge is 0.506 e. The van der Waals surface area contributed by atoms with Crippen molar-refractivity contribution >= 4 is 22.8 Å². The van der Waals surface area contributed by atoms with Crippen molar-refractivity contribution in [2.24, 2.45) is 0 Å². The van der Waals surface area contributed by atoms with Gasteiger partial charge in [-0.1, -0.05) is 49.7 Å². The van der Waals surface area contributed by atoms with E-state index in [1.54, 1.807) is 12.1 Å². The molecular weight excluding hydrogens is 470 g/mol. The first kappa shape index (κ1) is 25.7. The number of fused-ring (bicyclic) bond motifs is 1. The van der Waals surface area contributed by atoms with Crippen molar-refractivity contribution in [1.29, 1.82) is 0 Å². The zero-order valence-electron chi connectivity index (χ0n) is 20.9. The van der Waals surface area contributed by atoms with Crippen LogP contribution in [-0.2, 0) is 31.0 Å². The highest BCUT2D eigenvalue weighted by Crippen LogP contribution is 2.30. The number of nitrogens with zero attached hydrogens (tertiary/aromatic N) is 1. The van der Waals surface area contributed by atoms with E-state index in [1.807, 2.05) is 67.6 Å². The fraction of sp³-hybridized carbons (Fsp3) is 0.233. The lowest BCUT2D eigenvalue weighted by atomic mass is 9.95. The van der Waals surface area contributed by atoms with Crippen LogP contribution in [0, 0.1) is 0 Å². The second-order valence-electron chi connectivity index (χ2n) is 8.65. The average molecular weight is 500 g/mol. The highest BCUT2D eigenvalue weighted by Gasteiger charge is 2.18. The van der Waals surface area contributed by atoms with Gasteiger partial charge in [-0.25, -0.2) is 9.78 Å². The van der Waals surface area contributed by atoms with E-state index in [-0.39, 0.29) is 19.0 Å². The SMILES string of the molecule is CCCc1c(OCc2cccc(OCc3ccc4ccccc4n3)c2)ccc(C(C)=O)c1COC(=O)O. The molecule has 0 spiro atoms. The topological polar surface area (TPSA) is 95.0 Å². The number of hydrogen-bond donors (Lipinski definition) is 1. The molecule has 1 heterocycles. The van der Waals surface area contributed by atoms with E-state index < -0.39 is 6.16 Å². The van der Waals surface area contributed by atoms with Gasteiger partial charge < -0.3 is 19.3 Å². The van der Waals surface area contributed by atoms with Gasteiger partial charge in [-0.2, -0.15) is 0 Å². The Morgan fingerprint density at radius 1 is 0.865 bits per heavy atom. The molecule has 0 bridgehead atoms. The van der Waals surface area contributed by atoms with Crippen LogP contribution in [0.3, 0.4) is 0 Å². The van der Waals surface area contributed by atoms with Gasteiger partial charge in [-0.05, 0) is 55.3 Å². The molecule has 0 saturated carbocycles. The van der Waals surface area contributed by atoms with Gasteiger partial charge in [-0.15, -0.1) is 0 Å². The highest BCUT2D eigenvalue weighted by molar-refractivity contribution is 5.96. The molecule has 0 fully saturated rings. The molecule has 0 aliphatic carbocycles. The molecule has 0 atom stereocenters. The van der Waals surface area contributed by atoms with Gasteiger partial charge in [0.05, 0.1) is 11.2 Å². The Bertz CT molecular complexity index is 1410. The van der Waals surface area contributed by atoms with Gasteiger partial charge in [0.25, 0.3) is 0 Å². The molecule has 37 heavy (non-hydrogen) atoms. The van der Waals surface area contributed by atoms with Crippen molar-refractivity contribution in [2.75, 3.05) is 0 Å². The standard InChI is InChI=1S/C30H29NO6/c1-3-7-26-27(19-37-30(33)34)25(20(2)32)14-15-29(26)36-17-21-8-6-10-24(16-21)35-18-23-13-12-22-9-4-5-11-28(22)31-23/h4-6,8-16H,3,7,17-19H2,1-2H3,(H,33,34). The predicted octanol–water partition coefficient (Wildman–Crippen LogP) is 6.74. The molecule has 0 aliphatic heterocycles. The monoisotopic (exact) mass is 499 g/mol. The summed E-state index contributed by atoms with van der Waals surface area (Å²) in [6.07, 6.45) is 0.0274. The number of ether oxygens (including phenoxy) is 3. The molecule has 4 aromatic rings. The van der Waals surface area contributed by atoms with Crippen LogP contribution < -0.4 is 9.47 Å². The maximum Gasteiger partial charge on any atom is 0.506 e. The molecule has 0 radical (unpaired) electrons. The van der Waals surface area contributed by atoms with Crippen molar-refractivity contribution in [3.05, 3.63) is 101 Å². The average Bonchev–Trinajstić information content (AvgIpc) is 2.90. The zero-order valence-corrected chi connectivity index (χ0v) is 20.9. The van der Waals surface area contributed by atoms with Crippen LogP contribution >= 0.6 is 0 Å². The van der Waals surface area contributed by atoms with Gasteiger partial charge in [0, 0.05) is 22.1 Å². The molecule has 0 unspecified atom stereocenters. The summed E-state index contributed by atoms with van der Waals surface area (Å²) in [7, 11) is 0. The third-order valence-corrected chi connectivity index (χ3v) is 5.94. The van der Waals surface area contributed by atoms with Gasteiger partial charge in [0.15, 0.2) is 5.78 Å². The minimum absolute atomic E-state index is 0.154. The maximum absolute atomic E-state index is 12.2. The summed E-state index contributed by atoms with van der Waals surface area (Å²) in [5, 5.41) is 10.1. The zero-order chi connectivity index (χ0) is 26.2. The summed E-state index contributed by atoms with van der Waals surface area (Å²) >= 11 is 0. The van der Waals surface area contributed by atoms with Crippen molar-refractivity contribution in [3.63, 3.8) is 0 Å². The van der Waals surface area contributed by atoms with Gasteiger partial charge in [-0.3, -0.25) is 4.79 Å². The fourth-order valence-electron chi connectivity index (χ4n) is 4.19. The number of aromatic nitrogens is 1. The Morgan fingerprint density at radius 2 is 1.70 bits per heavy atom. The number of pyridine rings is 1. The van der Waals surface area contributed by atoms with Crippen LogP contribution in [0.1, 0.15) is 53.0 Å². The molecule has 0 saturated heterocycles. The first-order valence-electron chi connectivity index (χ1n) is 12.1. The summed E-state index contributed by atoms with van der Waals surface area (Å²) in [4.78, 5) is 27.8. The number of ketones is 1. The molecule has 7 heteroatoms. The molecular formula is C30H29NO6. The summed E-state index contributed by atoms with van der Waals surface area (Å²) in [6, 6.07) is 23.0. The smallest absolute Gasteiger partial charge is 0.489 e. The Hall–Kier alpha value is -4.39. The molecule has 0 amide bonds. The number of Topliss-reactive ketones (excluding diaryl/α,β-unsaturated/α-hetero) is 1. The maximum atomic E-state index is 12.2. The Morgan fingerprint density at radius 3 is 2.49 bits per heavy atom. The third-order valence-electron chi connectivity index (χ3n) is 5.94. The van der Waals surface area contributed by atoms with E-state index in [4.69, 9.17) is 19.3 Å². The Labute approximate surface area is 215 Å². The van der Waals surface area contributed by atoms with Crippen molar-refractivity contribution < 1.29 is 28.9 Å². The van der Waals surface area contributed by atoms with E-state index in [0.29, 0.717) is 35.7 Å². The predicted molar refractivity (Wildman–Crippen MR) is 140 cm³/mol. The van der Waals surface area contributed by atoms with Crippen LogP contribution in [0.2, 0.25) is 0 Å². The van der Waals surface area contributed by atoms with Gasteiger partial charge in [0.2, 0.25) is 0 Å². The minimum atomic E-state index is -1.39.